The van der Waals surface area contributed by atoms with Gasteiger partial charge in [0.05, 0.1) is 0 Å². The van der Waals surface area contributed by atoms with E-state index < -0.39 is 6.04 Å². The molecule has 0 radical (unpaired) electrons. The van der Waals surface area contributed by atoms with E-state index in [4.69, 9.17) is 0 Å². The van der Waals surface area contributed by atoms with Crippen molar-refractivity contribution in [2.24, 2.45) is 5.92 Å². The van der Waals surface area contributed by atoms with Crippen LogP contribution in [0.25, 0.3) is 0 Å². The van der Waals surface area contributed by atoms with Crippen LogP contribution in [0.15, 0.2) is 18.2 Å². The summed E-state index contributed by atoms with van der Waals surface area (Å²) in [5.74, 6) is 0.0663. The third-order valence-corrected chi connectivity index (χ3v) is 5.17. The quantitative estimate of drug-likeness (QED) is 0.896. The Morgan fingerprint density at radius 2 is 1.83 bits per heavy atom. The van der Waals surface area contributed by atoms with Gasteiger partial charge in [0.2, 0.25) is 11.8 Å². The van der Waals surface area contributed by atoms with E-state index in [9.17, 15) is 9.59 Å². The van der Waals surface area contributed by atoms with E-state index in [-0.39, 0.29) is 17.7 Å². The first-order chi connectivity index (χ1) is 11.1. The monoisotopic (exact) mass is 314 g/mol. The van der Waals surface area contributed by atoms with Crippen LogP contribution in [0.5, 0.6) is 0 Å². The maximum absolute atomic E-state index is 12.8. The minimum atomic E-state index is -0.408. The molecule has 2 amide bonds. The van der Waals surface area contributed by atoms with Crippen molar-refractivity contribution in [1.82, 2.24) is 5.32 Å². The van der Waals surface area contributed by atoms with Gasteiger partial charge < -0.3 is 10.6 Å². The molecule has 4 nitrogen and oxygen atoms in total. The molecule has 23 heavy (non-hydrogen) atoms. The van der Waals surface area contributed by atoms with E-state index in [0.29, 0.717) is 0 Å². The fourth-order valence-corrected chi connectivity index (χ4v) is 4.02. The van der Waals surface area contributed by atoms with Gasteiger partial charge in [-0.3, -0.25) is 9.59 Å². The first kappa shape index (κ1) is 16.0. The van der Waals surface area contributed by atoms with Gasteiger partial charge in [0, 0.05) is 12.6 Å². The molecule has 0 aliphatic heterocycles. The number of nitrogens with one attached hydrogen (secondary N) is 2. The molecule has 4 heteroatoms. The molecule has 2 aliphatic carbocycles. The highest BCUT2D eigenvalue weighted by Crippen LogP contribution is 2.30. The normalized spacial score (nSPS) is 19.0. The molecular formula is C19H26N2O2. The number of rotatable bonds is 4. The molecule has 3 rings (SSSR count). The summed E-state index contributed by atoms with van der Waals surface area (Å²) in [6, 6.07) is 5.76. The second kappa shape index (κ2) is 7.16. The van der Waals surface area contributed by atoms with Crippen molar-refractivity contribution < 1.29 is 9.59 Å². The lowest BCUT2D eigenvalue weighted by Gasteiger charge is -2.25. The number of carbonyl (C=O) groups excluding carboxylic acids is 2. The SMILES string of the molecule is CC(=O)NC(C(=O)Nc1cccc2c1CCCC2)C1CCCC1. The molecule has 1 aromatic carbocycles. The Morgan fingerprint density at radius 3 is 2.57 bits per heavy atom. The summed E-state index contributed by atoms with van der Waals surface area (Å²) in [5, 5.41) is 5.97. The zero-order valence-corrected chi connectivity index (χ0v) is 13.9. The molecule has 124 valence electrons. The minimum absolute atomic E-state index is 0.0638. The van der Waals surface area contributed by atoms with E-state index in [0.717, 1.165) is 44.2 Å². The molecule has 0 heterocycles. The van der Waals surface area contributed by atoms with Gasteiger partial charge in [0.15, 0.2) is 0 Å². The van der Waals surface area contributed by atoms with Gasteiger partial charge in [-0.05, 0) is 61.6 Å². The summed E-state index contributed by atoms with van der Waals surface area (Å²) >= 11 is 0. The largest absolute Gasteiger partial charge is 0.344 e. The third kappa shape index (κ3) is 3.74. The first-order valence-electron chi connectivity index (χ1n) is 8.84. The predicted molar refractivity (Wildman–Crippen MR) is 91.3 cm³/mol. The number of carbonyl (C=O) groups is 2. The standard InChI is InChI=1S/C19H26N2O2/c1-13(22)20-18(15-8-2-3-9-15)19(23)21-17-12-6-10-14-7-4-5-11-16(14)17/h6,10,12,15,18H,2-5,7-9,11H2,1H3,(H,20,22)(H,21,23). The average molecular weight is 314 g/mol. The van der Waals surface area contributed by atoms with Crippen molar-refractivity contribution in [2.75, 3.05) is 5.32 Å². The fraction of sp³-hybridized carbons (Fsp3) is 0.579. The molecule has 1 aromatic rings. The van der Waals surface area contributed by atoms with E-state index in [1.165, 1.54) is 30.9 Å². The highest BCUT2D eigenvalue weighted by Gasteiger charge is 2.31. The fourth-order valence-electron chi connectivity index (χ4n) is 4.02. The van der Waals surface area contributed by atoms with Crippen molar-refractivity contribution in [1.29, 1.82) is 0 Å². The van der Waals surface area contributed by atoms with E-state index >= 15 is 0 Å². The number of hydrogen-bond acceptors (Lipinski definition) is 2. The number of amides is 2. The Balaban J connectivity index is 1.77. The summed E-state index contributed by atoms with van der Waals surface area (Å²) in [5.41, 5.74) is 3.56. The minimum Gasteiger partial charge on any atom is -0.344 e. The molecule has 2 aliphatic rings. The third-order valence-electron chi connectivity index (χ3n) is 5.17. The van der Waals surface area contributed by atoms with Crippen LogP contribution in [0.1, 0.15) is 56.6 Å². The molecule has 0 bridgehead atoms. The topological polar surface area (TPSA) is 58.2 Å². The number of hydrogen-bond donors (Lipinski definition) is 2. The predicted octanol–water partition coefficient (Wildman–Crippen LogP) is 3.20. The first-order valence-corrected chi connectivity index (χ1v) is 8.84. The van der Waals surface area contributed by atoms with Crippen LogP contribution in [0.4, 0.5) is 5.69 Å². The maximum atomic E-state index is 12.8. The molecule has 1 saturated carbocycles. The Labute approximate surface area is 138 Å². The molecule has 1 unspecified atom stereocenters. The molecule has 0 saturated heterocycles. The van der Waals surface area contributed by atoms with Crippen LogP contribution in [-0.2, 0) is 22.4 Å². The van der Waals surface area contributed by atoms with Crippen LogP contribution in [0.2, 0.25) is 0 Å². The number of anilines is 1. The Morgan fingerprint density at radius 1 is 1.09 bits per heavy atom. The molecule has 2 N–H and O–H groups in total. The van der Waals surface area contributed by atoms with Gasteiger partial charge in [0.25, 0.3) is 0 Å². The van der Waals surface area contributed by atoms with Gasteiger partial charge in [-0.2, -0.15) is 0 Å². The highest BCUT2D eigenvalue weighted by molar-refractivity contribution is 5.97. The van der Waals surface area contributed by atoms with Gasteiger partial charge in [-0.25, -0.2) is 0 Å². The number of aryl methyl sites for hydroxylation is 1. The van der Waals surface area contributed by atoms with E-state index in [1.54, 1.807) is 0 Å². The summed E-state index contributed by atoms with van der Waals surface area (Å²) < 4.78 is 0. The van der Waals surface area contributed by atoms with Gasteiger partial charge in [-0.1, -0.05) is 25.0 Å². The molecular weight excluding hydrogens is 288 g/mol. The molecule has 1 fully saturated rings. The lowest BCUT2D eigenvalue weighted by atomic mass is 9.90. The van der Waals surface area contributed by atoms with Crippen molar-refractivity contribution in [2.45, 2.75) is 64.3 Å². The molecule has 0 aromatic heterocycles. The van der Waals surface area contributed by atoms with Crippen molar-refractivity contribution in [3.63, 3.8) is 0 Å². The summed E-state index contributed by atoms with van der Waals surface area (Å²) in [6.07, 6.45) is 8.86. The van der Waals surface area contributed by atoms with Crippen LogP contribution in [0.3, 0.4) is 0 Å². The molecule has 1 atom stereocenters. The van der Waals surface area contributed by atoms with Crippen molar-refractivity contribution >= 4 is 17.5 Å². The zero-order chi connectivity index (χ0) is 16.2. The second-order valence-corrected chi connectivity index (χ2v) is 6.86. The van der Waals surface area contributed by atoms with Crippen molar-refractivity contribution in [3.8, 4) is 0 Å². The zero-order valence-electron chi connectivity index (χ0n) is 13.9. The van der Waals surface area contributed by atoms with Gasteiger partial charge >= 0.3 is 0 Å². The van der Waals surface area contributed by atoms with Gasteiger partial charge in [0.1, 0.15) is 6.04 Å². The van der Waals surface area contributed by atoms with Crippen LogP contribution < -0.4 is 10.6 Å². The summed E-state index contributed by atoms with van der Waals surface area (Å²) in [4.78, 5) is 24.3. The molecule has 0 spiro atoms. The van der Waals surface area contributed by atoms with Crippen LogP contribution >= 0.6 is 0 Å². The van der Waals surface area contributed by atoms with E-state index in [2.05, 4.69) is 16.7 Å². The highest BCUT2D eigenvalue weighted by atomic mass is 16.2. The lowest BCUT2D eigenvalue weighted by molar-refractivity contribution is -0.126. The average Bonchev–Trinajstić information content (AvgIpc) is 3.07. The second-order valence-electron chi connectivity index (χ2n) is 6.86. The lowest BCUT2D eigenvalue weighted by Crippen LogP contribution is -2.47. The van der Waals surface area contributed by atoms with Crippen molar-refractivity contribution in [3.05, 3.63) is 29.3 Å². The Hall–Kier alpha value is -1.84. The summed E-state index contributed by atoms with van der Waals surface area (Å²) in [6.45, 7) is 1.49. The summed E-state index contributed by atoms with van der Waals surface area (Å²) in [7, 11) is 0. The Kier molecular flexibility index (Phi) is 4.99. The van der Waals surface area contributed by atoms with Gasteiger partial charge in [-0.15, -0.1) is 0 Å². The smallest absolute Gasteiger partial charge is 0.247 e. The number of benzene rings is 1. The Bertz CT molecular complexity index is 591. The number of fused-ring (bicyclic) bond motifs is 1. The van der Waals surface area contributed by atoms with Crippen LogP contribution in [-0.4, -0.2) is 17.9 Å². The van der Waals surface area contributed by atoms with E-state index in [1.807, 2.05) is 12.1 Å². The maximum Gasteiger partial charge on any atom is 0.247 e. The van der Waals surface area contributed by atoms with Crippen LogP contribution in [0, 0.1) is 5.92 Å².